The van der Waals surface area contributed by atoms with Crippen LogP contribution in [-0.2, 0) is 31.1 Å². The summed E-state index contributed by atoms with van der Waals surface area (Å²) in [5.41, 5.74) is 1.49. The Balaban J connectivity index is 1.64. The van der Waals surface area contributed by atoms with Crippen LogP contribution in [0.4, 0.5) is 10.1 Å². The number of likely N-dealkylation sites (N-methyl/N-ethyl adjacent to an activating group) is 1. The summed E-state index contributed by atoms with van der Waals surface area (Å²) >= 11 is 1.02. The van der Waals surface area contributed by atoms with Crippen molar-refractivity contribution in [2.24, 2.45) is 0 Å². The van der Waals surface area contributed by atoms with Crippen LogP contribution in [0.5, 0.6) is 0 Å². The summed E-state index contributed by atoms with van der Waals surface area (Å²) in [5, 5.41) is 0.361. The molecule has 0 aliphatic carbocycles. The molecule has 1 aromatic heterocycles. The first-order chi connectivity index (χ1) is 15.1. The van der Waals surface area contributed by atoms with E-state index in [1.807, 2.05) is 0 Å². The predicted molar refractivity (Wildman–Crippen MR) is 119 cm³/mol. The Morgan fingerprint density at radius 3 is 2.47 bits per heavy atom. The molecule has 32 heavy (non-hydrogen) atoms. The number of hydrogen-bond acceptors (Lipinski definition) is 6. The zero-order valence-corrected chi connectivity index (χ0v) is 19.3. The lowest BCUT2D eigenvalue weighted by molar-refractivity contribution is -0.117. The third kappa shape index (κ3) is 4.20. The van der Waals surface area contributed by atoms with E-state index in [-0.39, 0.29) is 27.0 Å². The van der Waals surface area contributed by atoms with Crippen molar-refractivity contribution in [1.29, 1.82) is 0 Å². The van der Waals surface area contributed by atoms with Crippen molar-refractivity contribution < 1.29 is 26.0 Å². The minimum atomic E-state index is -4.07. The van der Waals surface area contributed by atoms with Gasteiger partial charge in [0.1, 0.15) is 15.3 Å². The third-order valence-corrected chi connectivity index (χ3v) is 10.2. The van der Waals surface area contributed by atoms with Gasteiger partial charge in [-0.25, -0.2) is 25.9 Å². The summed E-state index contributed by atoms with van der Waals surface area (Å²) in [7, 11) is -6.39. The molecule has 168 valence electrons. The van der Waals surface area contributed by atoms with E-state index in [0.29, 0.717) is 11.3 Å². The number of nitrogens with zero attached hydrogens (tertiary/aromatic N) is 1. The summed E-state index contributed by atoms with van der Waals surface area (Å²) < 4.78 is 68.1. The molecule has 11 heteroatoms. The topological polar surface area (TPSA) is 101 Å². The lowest BCUT2D eigenvalue weighted by Crippen LogP contribution is -2.32. The standard InChI is InChI=1S/C21H19FN2O5S3/c1-24-18-9-8-17(11-15(18)12-20(24)25)32(28,29)23-13-19(14-4-6-16(22)7-5-14)31(26,27)21-3-2-10-30-21/h2-11,19,23H,12-13H2,1H3. The van der Waals surface area contributed by atoms with E-state index >= 15 is 0 Å². The van der Waals surface area contributed by atoms with Gasteiger partial charge in [-0.3, -0.25) is 4.79 Å². The number of nitrogens with one attached hydrogen (secondary N) is 1. The number of carbonyl (C=O) groups is 1. The van der Waals surface area contributed by atoms with Crippen LogP contribution in [0.15, 0.2) is 69.1 Å². The van der Waals surface area contributed by atoms with Gasteiger partial charge in [-0.1, -0.05) is 18.2 Å². The molecule has 1 aliphatic rings. The van der Waals surface area contributed by atoms with Crippen molar-refractivity contribution in [3.63, 3.8) is 0 Å². The zero-order valence-electron chi connectivity index (χ0n) is 16.9. The van der Waals surface area contributed by atoms with Crippen molar-refractivity contribution in [3.8, 4) is 0 Å². The second-order valence-electron chi connectivity index (χ2n) is 7.29. The van der Waals surface area contributed by atoms with Crippen LogP contribution < -0.4 is 9.62 Å². The summed E-state index contributed by atoms with van der Waals surface area (Å²) in [4.78, 5) is 13.3. The number of benzene rings is 2. The predicted octanol–water partition coefficient (Wildman–Crippen LogP) is 2.90. The van der Waals surface area contributed by atoms with Crippen LogP contribution >= 0.6 is 11.3 Å². The van der Waals surface area contributed by atoms with Gasteiger partial charge in [0, 0.05) is 19.3 Å². The van der Waals surface area contributed by atoms with E-state index in [9.17, 15) is 26.0 Å². The van der Waals surface area contributed by atoms with Gasteiger partial charge >= 0.3 is 0 Å². The van der Waals surface area contributed by atoms with Gasteiger partial charge in [0.25, 0.3) is 0 Å². The van der Waals surface area contributed by atoms with Crippen molar-refractivity contribution in [1.82, 2.24) is 4.72 Å². The number of amides is 1. The summed E-state index contributed by atoms with van der Waals surface area (Å²) in [5.74, 6) is -0.666. The third-order valence-electron chi connectivity index (χ3n) is 5.29. The minimum absolute atomic E-state index is 0.0641. The van der Waals surface area contributed by atoms with Gasteiger partial charge in [0.05, 0.1) is 11.3 Å². The zero-order chi connectivity index (χ0) is 23.1. The fourth-order valence-corrected chi connectivity index (χ4v) is 7.60. The molecular formula is C21H19FN2O5S3. The highest BCUT2D eigenvalue weighted by atomic mass is 32.2. The highest BCUT2D eigenvalue weighted by Crippen LogP contribution is 2.33. The Kier molecular flexibility index (Phi) is 5.93. The second kappa shape index (κ2) is 8.39. The number of carbonyl (C=O) groups excluding carboxylic acids is 1. The maximum atomic E-state index is 13.4. The Bertz CT molecular complexity index is 1370. The first-order valence-electron chi connectivity index (χ1n) is 9.51. The Morgan fingerprint density at radius 2 is 1.81 bits per heavy atom. The normalized spacial score (nSPS) is 15.1. The van der Waals surface area contributed by atoms with Crippen LogP contribution in [0.1, 0.15) is 16.4 Å². The minimum Gasteiger partial charge on any atom is -0.315 e. The van der Waals surface area contributed by atoms with E-state index in [1.165, 1.54) is 35.2 Å². The van der Waals surface area contributed by atoms with Gasteiger partial charge in [-0.15, -0.1) is 11.3 Å². The molecule has 0 fully saturated rings. The van der Waals surface area contributed by atoms with Crippen molar-refractivity contribution in [3.05, 3.63) is 76.9 Å². The first-order valence-corrected chi connectivity index (χ1v) is 13.4. The number of anilines is 1. The lowest BCUT2D eigenvalue weighted by atomic mass is 10.1. The molecule has 1 atom stereocenters. The van der Waals surface area contributed by atoms with E-state index in [0.717, 1.165) is 23.5 Å². The van der Waals surface area contributed by atoms with Crippen LogP contribution in [0, 0.1) is 5.82 Å². The molecule has 4 rings (SSSR count). The average Bonchev–Trinajstić information content (AvgIpc) is 3.38. The number of sulfone groups is 1. The summed E-state index contributed by atoms with van der Waals surface area (Å²) in [6.07, 6.45) is 0.0974. The monoisotopic (exact) mass is 494 g/mol. The van der Waals surface area contributed by atoms with E-state index in [2.05, 4.69) is 4.72 Å². The molecule has 3 aromatic rings. The van der Waals surface area contributed by atoms with Crippen LogP contribution in [0.2, 0.25) is 0 Å². The maximum absolute atomic E-state index is 13.4. The Hall–Kier alpha value is -2.60. The molecule has 1 N–H and O–H groups in total. The number of thiophene rings is 1. The molecule has 2 heterocycles. The second-order valence-corrected chi connectivity index (χ2v) is 12.4. The van der Waals surface area contributed by atoms with Crippen molar-refractivity contribution in [2.45, 2.75) is 20.8 Å². The molecule has 1 amide bonds. The smallest absolute Gasteiger partial charge is 0.240 e. The number of rotatable bonds is 7. The van der Waals surface area contributed by atoms with Crippen LogP contribution in [0.3, 0.4) is 0 Å². The highest BCUT2D eigenvalue weighted by molar-refractivity contribution is 7.93. The molecule has 1 unspecified atom stereocenters. The van der Waals surface area contributed by atoms with Crippen molar-refractivity contribution >= 4 is 42.8 Å². The number of halogens is 1. The number of sulfonamides is 1. The Morgan fingerprint density at radius 1 is 1.09 bits per heavy atom. The number of fused-ring (bicyclic) bond motifs is 1. The van der Waals surface area contributed by atoms with Gasteiger partial charge < -0.3 is 4.90 Å². The molecule has 0 spiro atoms. The summed E-state index contributed by atoms with van der Waals surface area (Å²) in [6, 6.07) is 12.3. The molecule has 2 aromatic carbocycles. The van der Waals surface area contributed by atoms with E-state index in [4.69, 9.17) is 0 Å². The molecular weight excluding hydrogens is 475 g/mol. The van der Waals surface area contributed by atoms with Crippen LogP contribution in [0.25, 0.3) is 0 Å². The lowest BCUT2D eigenvalue weighted by Gasteiger charge is -2.18. The molecule has 0 saturated heterocycles. The van der Waals surface area contributed by atoms with Gasteiger partial charge in [0.2, 0.25) is 15.9 Å². The Labute approximate surface area is 189 Å². The fraction of sp³-hybridized carbons (Fsp3) is 0.190. The molecule has 1 aliphatic heterocycles. The molecule has 0 radical (unpaired) electrons. The van der Waals surface area contributed by atoms with Crippen molar-refractivity contribution in [2.75, 3.05) is 18.5 Å². The molecule has 7 nitrogen and oxygen atoms in total. The molecule has 0 bridgehead atoms. The van der Waals surface area contributed by atoms with E-state index < -0.39 is 37.5 Å². The average molecular weight is 495 g/mol. The quantitative estimate of drug-likeness (QED) is 0.544. The summed E-state index contributed by atoms with van der Waals surface area (Å²) in [6.45, 7) is -0.440. The van der Waals surface area contributed by atoms with Crippen LogP contribution in [-0.4, -0.2) is 36.3 Å². The van der Waals surface area contributed by atoms with Gasteiger partial charge in [0.15, 0.2) is 9.84 Å². The first kappa shape index (κ1) is 22.6. The highest BCUT2D eigenvalue weighted by Gasteiger charge is 2.32. The molecule has 0 saturated carbocycles. The van der Waals surface area contributed by atoms with Gasteiger partial charge in [-0.05, 0) is 52.9 Å². The maximum Gasteiger partial charge on any atom is 0.240 e. The van der Waals surface area contributed by atoms with Gasteiger partial charge in [-0.2, -0.15) is 0 Å². The number of hydrogen-bond donors (Lipinski definition) is 1. The van der Waals surface area contributed by atoms with E-state index in [1.54, 1.807) is 24.6 Å². The SMILES string of the molecule is CN1C(=O)Cc2cc(S(=O)(=O)NCC(c3ccc(F)cc3)S(=O)(=O)c3cccs3)ccc21. The fourth-order valence-electron chi connectivity index (χ4n) is 3.53. The largest absolute Gasteiger partial charge is 0.315 e.